The topological polar surface area (TPSA) is 44.1 Å². The molecule has 4 rings (SSSR count). The molecule has 1 aromatic heterocycles. The highest BCUT2D eigenvalue weighted by Crippen LogP contribution is 2.25. The van der Waals surface area contributed by atoms with Gasteiger partial charge in [-0.1, -0.05) is 26.0 Å². The van der Waals surface area contributed by atoms with Crippen molar-refractivity contribution in [1.29, 1.82) is 0 Å². The first kappa shape index (κ1) is 21.4. The van der Waals surface area contributed by atoms with E-state index in [4.69, 9.17) is 9.72 Å². The summed E-state index contributed by atoms with van der Waals surface area (Å²) in [6.45, 7) is 4.93. The third kappa shape index (κ3) is 4.75. The van der Waals surface area contributed by atoms with E-state index in [0.29, 0.717) is 17.3 Å². The van der Waals surface area contributed by atoms with Gasteiger partial charge in [-0.05, 0) is 66.6 Å². The second-order valence-corrected chi connectivity index (χ2v) is 7.88. The van der Waals surface area contributed by atoms with Crippen molar-refractivity contribution in [2.24, 2.45) is 5.92 Å². The summed E-state index contributed by atoms with van der Waals surface area (Å²) < 4.78 is 34.5. The number of hydrogen-bond acceptors (Lipinski definition) is 3. The van der Waals surface area contributed by atoms with Gasteiger partial charge in [0.15, 0.2) is 0 Å². The van der Waals surface area contributed by atoms with Crippen LogP contribution in [0.15, 0.2) is 72.8 Å². The number of imidazole rings is 1. The maximum Gasteiger partial charge on any atom is 0.343 e. The Morgan fingerprint density at radius 1 is 0.938 bits per heavy atom. The molecule has 0 bridgehead atoms. The predicted molar refractivity (Wildman–Crippen MR) is 121 cm³/mol. The molecular formula is C26H22F2N2O2. The molecule has 0 atom stereocenters. The molecule has 0 saturated carbocycles. The first-order chi connectivity index (χ1) is 15.4. The minimum atomic E-state index is -0.646. The van der Waals surface area contributed by atoms with Crippen LogP contribution >= 0.6 is 0 Å². The number of para-hydroxylation sites is 2. The molecule has 0 aliphatic heterocycles. The Labute approximate surface area is 184 Å². The van der Waals surface area contributed by atoms with E-state index in [1.807, 2.05) is 24.3 Å². The molecule has 6 heteroatoms. The number of fused-ring (bicyclic) bond motifs is 1. The van der Waals surface area contributed by atoms with Crippen LogP contribution in [0.3, 0.4) is 0 Å². The highest BCUT2D eigenvalue weighted by Gasteiger charge is 2.16. The predicted octanol–water partition coefficient (Wildman–Crippen LogP) is 6.33. The fraction of sp³-hybridized carbons (Fsp3) is 0.154. The Hall–Kier alpha value is -3.80. The Morgan fingerprint density at radius 3 is 2.16 bits per heavy atom. The lowest BCUT2D eigenvalue weighted by Crippen LogP contribution is -2.08. The standard InChI is InChI=1S/C26H22F2N2O2/c1-17(2)16-30-23-6-4-3-5-22(23)29-25(30)15-24(18-7-11-20(27)12-8-18)32-26(31)19-9-13-21(28)14-10-19/h3-15,17H,16H2,1-2H3/b24-15+. The lowest BCUT2D eigenvalue weighted by Gasteiger charge is -2.12. The Kier molecular flexibility index (Phi) is 6.12. The monoisotopic (exact) mass is 432 g/mol. The summed E-state index contributed by atoms with van der Waals surface area (Å²) in [4.78, 5) is 17.5. The van der Waals surface area contributed by atoms with Crippen molar-refractivity contribution >= 4 is 28.8 Å². The summed E-state index contributed by atoms with van der Waals surface area (Å²) >= 11 is 0. The zero-order valence-corrected chi connectivity index (χ0v) is 17.8. The smallest absolute Gasteiger partial charge is 0.343 e. The largest absolute Gasteiger partial charge is 0.422 e. The molecule has 4 nitrogen and oxygen atoms in total. The van der Waals surface area contributed by atoms with Crippen molar-refractivity contribution < 1.29 is 18.3 Å². The molecule has 0 fully saturated rings. The molecule has 4 aromatic rings. The number of nitrogens with zero attached hydrogens (tertiary/aromatic N) is 2. The summed E-state index contributed by atoms with van der Waals surface area (Å²) in [7, 11) is 0. The minimum Gasteiger partial charge on any atom is -0.422 e. The third-order valence-corrected chi connectivity index (χ3v) is 4.90. The molecule has 0 unspecified atom stereocenters. The van der Waals surface area contributed by atoms with E-state index >= 15 is 0 Å². The van der Waals surface area contributed by atoms with Crippen LogP contribution in [0.2, 0.25) is 0 Å². The average Bonchev–Trinajstić information content (AvgIpc) is 3.11. The van der Waals surface area contributed by atoms with Crippen molar-refractivity contribution in [3.63, 3.8) is 0 Å². The van der Waals surface area contributed by atoms with Crippen LogP contribution in [0, 0.1) is 17.6 Å². The molecule has 0 aliphatic carbocycles. The van der Waals surface area contributed by atoms with Gasteiger partial charge in [0.25, 0.3) is 0 Å². The SMILES string of the molecule is CC(C)Cn1c(/C=C(/OC(=O)c2ccc(F)cc2)c2ccc(F)cc2)nc2ccccc21. The molecule has 0 saturated heterocycles. The summed E-state index contributed by atoms with van der Waals surface area (Å²) in [5, 5.41) is 0. The third-order valence-electron chi connectivity index (χ3n) is 4.90. The van der Waals surface area contributed by atoms with Gasteiger partial charge in [0.05, 0.1) is 16.6 Å². The highest BCUT2D eigenvalue weighted by atomic mass is 19.1. The highest BCUT2D eigenvalue weighted by molar-refractivity contribution is 5.95. The van der Waals surface area contributed by atoms with Crippen molar-refractivity contribution in [2.75, 3.05) is 0 Å². The minimum absolute atomic E-state index is 0.204. The molecule has 0 radical (unpaired) electrons. The summed E-state index contributed by atoms with van der Waals surface area (Å²) in [5.41, 5.74) is 2.51. The van der Waals surface area contributed by atoms with Gasteiger partial charge in [-0.25, -0.2) is 18.6 Å². The van der Waals surface area contributed by atoms with Gasteiger partial charge in [0.2, 0.25) is 0 Å². The molecular weight excluding hydrogens is 410 g/mol. The number of hydrogen-bond donors (Lipinski definition) is 0. The maximum absolute atomic E-state index is 13.5. The Morgan fingerprint density at radius 2 is 1.53 bits per heavy atom. The molecule has 32 heavy (non-hydrogen) atoms. The van der Waals surface area contributed by atoms with Gasteiger partial charge in [0, 0.05) is 18.2 Å². The van der Waals surface area contributed by atoms with Crippen LogP contribution in [-0.2, 0) is 11.3 Å². The van der Waals surface area contributed by atoms with Crippen molar-refractivity contribution in [1.82, 2.24) is 9.55 Å². The van der Waals surface area contributed by atoms with Gasteiger partial charge in [0.1, 0.15) is 23.2 Å². The molecule has 3 aromatic carbocycles. The van der Waals surface area contributed by atoms with Crippen LogP contribution in [0.25, 0.3) is 22.9 Å². The number of esters is 1. The molecule has 162 valence electrons. The lowest BCUT2D eigenvalue weighted by atomic mass is 10.1. The van der Waals surface area contributed by atoms with E-state index in [1.165, 1.54) is 48.5 Å². The van der Waals surface area contributed by atoms with E-state index in [2.05, 4.69) is 18.4 Å². The van der Waals surface area contributed by atoms with Crippen molar-refractivity contribution in [2.45, 2.75) is 20.4 Å². The van der Waals surface area contributed by atoms with Crippen LogP contribution in [0.4, 0.5) is 8.78 Å². The van der Waals surface area contributed by atoms with Crippen molar-refractivity contribution in [3.8, 4) is 0 Å². The number of carbonyl (C=O) groups is 1. The number of benzene rings is 3. The molecule has 0 spiro atoms. The number of carbonyl (C=O) groups excluding carboxylic acids is 1. The van der Waals surface area contributed by atoms with Gasteiger partial charge >= 0.3 is 5.97 Å². The second kappa shape index (κ2) is 9.14. The Balaban J connectivity index is 1.80. The fourth-order valence-electron chi connectivity index (χ4n) is 3.41. The zero-order chi connectivity index (χ0) is 22.7. The lowest BCUT2D eigenvalue weighted by molar-refractivity contribution is 0.0693. The van der Waals surface area contributed by atoms with E-state index < -0.39 is 17.6 Å². The van der Waals surface area contributed by atoms with Gasteiger partial charge in [-0.3, -0.25) is 0 Å². The molecule has 0 N–H and O–H groups in total. The van der Waals surface area contributed by atoms with E-state index in [-0.39, 0.29) is 11.3 Å². The second-order valence-electron chi connectivity index (χ2n) is 7.88. The number of halogens is 2. The zero-order valence-electron chi connectivity index (χ0n) is 17.8. The first-order valence-corrected chi connectivity index (χ1v) is 10.3. The fourth-order valence-corrected chi connectivity index (χ4v) is 3.41. The molecule has 0 amide bonds. The van der Waals surface area contributed by atoms with Gasteiger partial charge in [-0.15, -0.1) is 0 Å². The average molecular weight is 432 g/mol. The van der Waals surface area contributed by atoms with Gasteiger partial charge < -0.3 is 9.30 Å². The molecule has 0 aliphatic rings. The number of ether oxygens (including phenoxy) is 1. The molecule has 1 heterocycles. The van der Waals surface area contributed by atoms with E-state index in [9.17, 15) is 13.6 Å². The quantitative estimate of drug-likeness (QED) is 0.264. The van der Waals surface area contributed by atoms with Crippen molar-refractivity contribution in [3.05, 3.63) is 101 Å². The van der Waals surface area contributed by atoms with Crippen LogP contribution in [0.1, 0.15) is 35.6 Å². The summed E-state index contributed by atoms with van der Waals surface area (Å²) in [6.07, 6.45) is 1.68. The Bertz CT molecular complexity index is 1270. The van der Waals surface area contributed by atoms with Gasteiger partial charge in [-0.2, -0.15) is 0 Å². The number of aromatic nitrogens is 2. The van der Waals surface area contributed by atoms with Crippen LogP contribution in [-0.4, -0.2) is 15.5 Å². The number of rotatable bonds is 6. The first-order valence-electron chi connectivity index (χ1n) is 10.3. The van der Waals surface area contributed by atoms with E-state index in [1.54, 1.807) is 6.08 Å². The van der Waals surface area contributed by atoms with Crippen LogP contribution < -0.4 is 0 Å². The summed E-state index contributed by atoms with van der Waals surface area (Å²) in [5.74, 6) is -0.295. The van der Waals surface area contributed by atoms with E-state index in [0.717, 1.165) is 17.6 Å². The van der Waals surface area contributed by atoms with Crippen LogP contribution in [0.5, 0.6) is 0 Å². The summed E-state index contributed by atoms with van der Waals surface area (Å²) in [6, 6.07) is 18.5. The maximum atomic E-state index is 13.5. The normalized spacial score (nSPS) is 11.8.